The van der Waals surface area contributed by atoms with Crippen LogP contribution in [0.3, 0.4) is 0 Å². The van der Waals surface area contributed by atoms with Crippen LogP contribution < -0.4 is 15.2 Å². The second kappa shape index (κ2) is 6.68. The Balaban J connectivity index is 1.59. The first-order valence-electron chi connectivity index (χ1n) is 8.80. The van der Waals surface area contributed by atoms with Gasteiger partial charge in [-0.3, -0.25) is 29.1 Å². The van der Waals surface area contributed by atoms with E-state index in [1.54, 1.807) is 7.05 Å². The van der Waals surface area contributed by atoms with Crippen molar-refractivity contribution >= 4 is 23.2 Å². The number of nitro benzene ring substituents is 1. The lowest BCUT2D eigenvalue weighted by atomic mass is 10.2. The Morgan fingerprint density at radius 2 is 1.96 bits per heavy atom. The van der Waals surface area contributed by atoms with E-state index in [1.165, 1.54) is 28.9 Å². The molecule has 1 saturated heterocycles. The van der Waals surface area contributed by atoms with Crippen molar-refractivity contribution in [3.63, 3.8) is 0 Å². The van der Waals surface area contributed by atoms with E-state index in [9.17, 15) is 24.5 Å². The summed E-state index contributed by atoms with van der Waals surface area (Å²) in [5.74, 6) is -0.770. The summed E-state index contributed by atoms with van der Waals surface area (Å²) in [7, 11) is 1.64. The van der Waals surface area contributed by atoms with Crippen LogP contribution in [0.2, 0.25) is 0 Å². The van der Waals surface area contributed by atoms with Gasteiger partial charge in [-0.25, -0.2) is 9.69 Å². The van der Waals surface area contributed by atoms with Gasteiger partial charge in [0.05, 0.1) is 29.6 Å². The quantitative estimate of drug-likeness (QED) is 0.318. The fourth-order valence-electron chi connectivity index (χ4n) is 3.47. The Morgan fingerprint density at radius 1 is 1.29 bits per heavy atom. The second-order valence-corrected chi connectivity index (χ2v) is 6.95. The van der Waals surface area contributed by atoms with Crippen molar-refractivity contribution in [3.05, 3.63) is 50.5 Å². The number of H-pyrrole nitrogens is 1. The molecule has 4 rings (SSSR count). The molecule has 1 N–H and O–H groups in total. The van der Waals surface area contributed by atoms with Crippen LogP contribution in [0, 0.1) is 10.1 Å². The highest BCUT2D eigenvalue weighted by Crippen LogP contribution is 2.35. The molecule has 28 heavy (non-hydrogen) atoms. The predicted molar refractivity (Wildman–Crippen MR) is 93.1 cm³/mol. The monoisotopic (exact) mass is 388 g/mol. The molecular weight excluding hydrogens is 370 g/mol. The molecule has 11 nitrogen and oxygen atoms in total. The highest BCUT2D eigenvalue weighted by Gasteiger charge is 2.48. The molecule has 1 atom stereocenters. The normalized spacial score (nSPS) is 19.6. The Hall–Kier alpha value is -3.34. The first kappa shape index (κ1) is 18.0. The number of nitrogens with zero attached hydrogens (tertiary/aromatic N) is 4. The molecule has 2 aliphatic rings. The lowest BCUT2D eigenvalue weighted by Crippen LogP contribution is -2.47. The molecule has 146 valence electrons. The highest BCUT2D eigenvalue weighted by atomic mass is 16.6. The first-order chi connectivity index (χ1) is 13.4. The summed E-state index contributed by atoms with van der Waals surface area (Å²) in [6.45, 7) is 0.185. The molecule has 2 heterocycles. The number of carbonyl (C=O) groups excluding carboxylic acids is 2. The summed E-state index contributed by atoms with van der Waals surface area (Å²) >= 11 is 0. The van der Waals surface area contributed by atoms with Gasteiger partial charge in [0.15, 0.2) is 7.05 Å². The first-order valence-corrected chi connectivity index (χ1v) is 8.80. The zero-order valence-corrected chi connectivity index (χ0v) is 15.0. The number of benzene rings is 1. The number of non-ortho nitro benzene ring substituents is 1. The molecule has 1 aromatic carbocycles. The third kappa shape index (κ3) is 3.09. The Labute approximate surface area is 158 Å². The number of carbonyl (C=O) groups is 2. The van der Waals surface area contributed by atoms with Gasteiger partial charge in [-0.2, -0.15) is 0 Å². The van der Waals surface area contributed by atoms with E-state index in [2.05, 4.69) is 5.27 Å². The molecule has 2 fully saturated rings. The Bertz CT molecular complexity index is 1010. The minimum Gasteiger partial charge on any atom is -0.283 e. The lowest BCUT2D eigenvalue weighted by Gasteiger charge is -2.25. The summed E-state index contributed by atoms with van der Waals surface area (Å²) in [5.41, 5.74) is 0.0225. The Morgan fingerprint density at radius 3 is 2.50 bits per heavy atom. The zero-order chi connectivity index (χ0) is 20.0. The van der Waals surface area contributed by atoms with E-state index in [0.717, 1.165) is 17.7 Å². The Kier molecular flexibility index (Phi) is 4.30. The summed E-state index contributed by atoms with van der Waals surface area (Å²) < 4.78 is 6.22. The van der Waals surface area contributed by atoms with Gasteiger partial charge >= 0.3 is 11.3 Å². The molecule has 1 aliphatic heterocycles. The number of aryl methyl sites for hydroxylation is 1. The number of aromatic amines is 1. The molecule has 1 aromatic heterocycles. The maximum atomic E-state index is 13.0. The molecule has 1 saturated carbocycles. The molecule has 2 amide bonds. The van der Waals surface area contributed by atoms with Gasteiger partial charge in [0, 0.05) is 18.2 Å². The van der Waals surface area contributed by atoms with E-state index in [0.29, 0.717) is 11.4 Å². The molecule has 0 spiro atoms. The maximum absolute atomic E-state index is 13.0. The van der Waals surface area contributed by atoms with Crippen LogP contribution in [-0.2, 0) is 23.2 Å². The smallest absolute Gasteiger partial charge is 0.283 e. The van der Waals surface area contributed by atoms with Gasteiger partial charge in [-0.15, -0.1) is 0 Å². The van der Waals surface area contributed by atoms with E-state index in [1.807, 2.05) is 4.90 Å². The minimum absolute atomic E-state index is 0.00814. The number of aromatic nitrogens is 2. The van der Waals surface area contributed by atoms with Gasteiger partial charge in [0.25, 0.3) is 11.6 Å². The van der Waals surface area contributed by atoms with Crippen molar-refractivity contribution in [2.45, 2.75) is 37.9 Å². The number of hydrogen-bond donors (Lipinski definition) is 1. The van der Waals surface area contributed by atoms with Gasteiger partial charge < -0.3 is 0 Å². The molecule has 0 bridgehead atoms. The molecular formula is C17H18N5O6+. The fraction of sp³-hybridized carbons (Fsp3) is 0.412. The molecule has 11 heteroatoms. The zero-order valence-electron chi connectivity index (χ0n) is 15.0. The molecule has 1 aliphatic carbocycles. The molecule has 2 aromatic rings. The SMILES string of the molecule is C[n+]1[nH]oc(=O)c1CN(C1CC1)C1CC(=O)N(c2ccc([N+](=O)[O-])cc2)C1=O. The van der Waals surface area contributed by atoms with Gasteiger partial charge in [-0.1, -0.05) is 4.68 Å². The maximum Gasteiger partial charge on any atom is 0.431 e. The molecule has 1 unspecified atom stereocenters. The summed E-state index contributed by atoms with van der Waals surface area (Å²) in [5, 5.41) is 13.3. The number of nitrogens with one attached hydrogen (secondary N) is 1. The van der Waals surface area contributed by atoms with Crippen molar-refractivity contribution < 1.29 is 23.7 Å². The van der Waals surface area contributed by atoms with E-state index >= 15 is 0 Å². The number of rotatable bonds is 6. The van der Waals surface area contributed by atoms with Crippen molar-refractivity contribution in [2.75, 3.05) is 4.90 Å². The van der Waals surface area contributed by atoms with Gasteiger partial charge in [-0.05, 0) is 30.2 Å². The minimum atomic E-state index is -0.690. The van der Waals surface area contributed by atoms with E-state index < -0.39 is 22.5 Å². The number of nitro groups is 1. The summed E-state index contributed by atoms with van der Waals surface area (Å²) in [6.07, 6.45) is 1.76. The number of anilines is 1. The third-order valence-corrected chi connectivity index (χ3v) is 5.11. The number of hydrogen-bond acceptors (Lipinski definition) is 7. The van der Waals surface area contributed by atoms with Crippen LogP contribution in [0.1, 0.15) is 25.0 Å². The van der Waals surface area contributed by atoms with Crippen LogP contribution in [-0.4, -0.2) is 39.0 Å². The summed E-state index contributed by atoms with van der Waals surface area (Å²) in [4.78, 5) is 50.6. The average Bonchev–Trinajstić information content (AvgIpc) is 3.40. The van der Waals surface area contributed by atoms with Gasteiger partial charge in [0.2, 0.25) is 5.91 Å². The lowest BCUT2D eigenvalue weighted by molar-refractivity contribution is -0.747. The van der Waals surface area contributed by atoms with E-state index in [-0.39, 0.29) is 30.6 Å². The largest absolute Gasteiger partial charge is 0.431 e. The standard InChI is InChI=1S/C17H17N5O6/c1-19-14(17(25)28-18-19)9-20(10-2-3-10)13-8-15(23)21(16(13)24)11-4-6-12(7-5-11)22(26)27/h4-7,10,13H,2-3,8-9H2,1H3/p+1. The topological polar surface area (TPSA) is 134 Å². The van der Waals surface area contributed by atoms with Crippen LogP contribution in [0.5, 0.6) is 0 Å². The van der Waals surface area contributed by atoms with Crippen LogP contribution in [0.25, 0.3) is 0 Å². The van der Waals surface area contributed by atoms with Crippen molar-refractivity contribution in [2.24, 2.45) is 7.05 Å². The van der Waals surface area contributed by atoms with Crippen molar-refractivity contribution in [1.82, 2.24) is 10.2 Å². The van der Waals surface area contributed by atoms with Crippen LogP contribution in [0.15, 0.2) is 33.6 Å². The average molecular weight is 388 g/mol. The molecule has 0 radical (unpaired) electrons. The van der Waals surface area contributed by atoms with Gasteiger partial charge in [0.1, 0.15) is 0 Å². The van der Waals surface area contributed by atoms with Crippen molar-refractivity contribution in [1.29, 1.82) is 0 Å². The van der Waals surface area contributed by atoms with Crippen molar-refractivity contribution in [3.8, 4) is 0 Å². The fourth-order valence-corrected chi connectivity index (χ4v) is 3.47. The van der Waals surface area contributed by atoms with Crippen LogP contribution in [0.4, 0.5) is 11.4 Å². The number of imide groups is 1. The second-order valence-electron chi connectivity index (χ2n) is 6.95. The third-order valence-electron chi connectivity index (χ3n) is 5.11. The highest BCUT2D eigenvalue weighted by molar-refractivity contribution is 6.22. The summed E-state index contributed by atoms with van der Waals surface area (Å²) in [6, 6.07) is 4.72. The van der Waals surface area contributed by atoms with Crippen LogP contribution >= 0.6 is 0 Å². The predicted octanol–water partition coefficient (Wildman–Crippen LogP) is -0.00290. The number of amides is 2. The van der Waals surface area contributed by atoms with E-state index in [4.69, 9.17) is 4.52 Å².